The molecular formula is C18H24N4OS. The van der Waals surface area contributed by atoms with E-state index < -0.39 is 0 Å². The normalized spacial score (nSPS) is 17.6. The van der Waals surface area contributed by atoms with Crippen LogP contribution >= 0.6 is 11.8 Å². The topological polar surface area (TPSA) is 59.0 Å². The van der Waals surface area contributed by atoms with Gasteiger partial charge in [-0.3, -0.25) is 9.48 Å². The SMILES string of the molecule is Cc1ccc(SCCNC(=O)c2ccn(C3CCCNC3)n2)cc1. The molecule has 1 fully saturated rings. The van der Waals surface area contributed by atoms with Gasteiger partial charge in [0.15, 0.2) is 0 Å². The van der Waals surface area contributed by atoms with Crippen molar-refractivity contribution in [3.05, 3.63) is 47.8 Å². The lowest BCUT2D eigenvalue weighted by molar-refractivity contribution is 0.0950. The van der Waals surface area contributed by atoms with Gasteiger partial charge in [-0.2, -0.15) is 5.10 Å². The summed E-state index contributed by atoms with van der Waals surface area (Å²) in [6.45, 7) is 4.71. The second kappa shape index (κ2) is 8.35. The number of rotatable bonds is 6. The zero-order valence-corrected chi connectivity index (χ0v) is 14.8. The van der Waals surface area contributed by atoms with Gasteiger partial charge in [0, 0.05) is 29.9 Å². The Morgan fingerprint density at radius 3 is 2.96 bits per heavy atom. The molecule has 2 heterocycles. The minimum absolute atomic E-state index is 0.0953. The van der Waals surface area contributed by atoms with Crippen molar-refractivity contribution in [1.82, 2.24) is 20.4 Å². The second-order valence-corrected chi connectivity index (χ2v) is 7.27. The Labute approximate surface area is 147 Å². The van der Waals surface area contributed by atoms with Crippen molar-refractivity contribution in [2.75, 3.05) is 25.4 Å². The van der Waals surface area contributed by atoms with E-state index in [1.807, 2.05) is 10.9 Å². The lowest BCUT2D eigenvalue weighted by Crippen LogP contribution is -2.32. The fourth-order valence-corrected chi connectivity index (χ4v) is 3.55. The number of hydrogen-bond donors (Lipinski definition) is 2. The third-order valence-corrected chi connectivity index (χ3v) is 5.18. The highest BCUT2D eigenvalue weighted by molar-refractivity contribution is 7.99. The molecular weight excluding hydrogens is 320 g/mol. The number of aryl methyl sites for hydroxylation is 1. The van der Waals surface area contributed by atoms with Gasteiger partial charge in [-0.25, -0.2) is 0 Å². The fourth-order valence-electron chi connectivity index (χ4n) is 2.78. The molecule has 1 aliphatic rings. The zero-order valence-electron chi connectivity index (χ0n) is 14.0. The number of carbonyl (C=O) groups is 1. The van der Waals surface area contributed by atoms with Crippen molar-refractivity contribution in [3.63, 3.8) is 0 Å². The van der Waals surface area contributed by atoms with Crippen LogP contribution in [-0.2, 0) is 0 Å². The molecule has 5 nitrogen and oxygen atoms in total. The maximum atomic E-state index is 12.2. The molecule has 1 unspecified atom stereocenters. The van der Waals surface area contributed by atoms with Crippen molar-refractivity contribution < 1.29 is 4.79 Å². The van der Waals surface area contributed by atoms with Crippen LogP contribution in [0.5, 0.6) is 0 Å². The molecule has 1 amide bonds. The quantitative estimate of drug-likeness (QED) is 0.625. The van der Waals surface area contributed by atoms with Crippen LogP contribution in [0.3, 0.4) is 0 Å². The molecule has 128 valence electrons. The van der Waals surface area contributed by atoms with Crippen LogP contribution in [0, 0.1) is 6.92 Å². The smallest absolute Gasteiger partial charge is 0.271 e. The van der Waals surface area contributed by atoms with Gasteiger partial charge < -0.3 is 10.6 Å². The van der Waals surface area contributed by atoms with E-state index in [1.54, 1.807) is 17.8 Å². The lowest BCUT2D eigenvalue weighted by Gasteiger charge is -2.22. The highest BCUT2D eigenvalue weighted by Crippen LogP contribution is 2.18. The Kier molecular flexibility index (Phi) is 5.93. The molecule has 1 aromatic heterocycles. The number of hydrogen-bond acceptors (Lipinski definition) is 4. The van der Waals surface area contributed by atoms with Gasteiger partial charge in [0.05, 0.1) is 6.04 Å². The summed E-state index contributed by atoms with van der Waals surface area (Å²) in [5.41, 5.74) is 1.76. The van der Waals surface area contributed by atoms with E-state index in [9.17, 15) is 4.79 Å². The summed E-state index contributed by atoms with van der Waals surface area (Å²) in [6, 6.07) is 10.6. The maximum Gasteiger partial charge on any atom is 0.271 e. The minimum atomic E-state index is -0.0953. The highest BCUT2D eigenvalue weighted by atomic mass is 32.2. The van der Waals surface area contributed by atoms with E-state index in [-0.39, 0.29) is 5.91 Å². The summed E-state index contributed by atoms with van der Waals surface area (Å²) in [6.07, 6.45) is 4.18. The van der Waals surface area contributed by atoms with E-state index in [4.69, 9.17) is 0 Å². The Hall–Kier alpha value is -1.79. The molecule has 3 rings (SSSR count). The van der Waals surface area contributed by atoms with E-state index in [0.29, 0.717) is 18.3 Å². The van der Waals surface area contributed by atoms with Gasteiger partial charge in [-0.05, 0) is 44.5 Å². The molecule has 1 saturated heterocycles. The maximum absolute atomic E-state index is 12.2. The first-order valence-corrected chi connectivity index (χ1v) is 9.44. The first kappa shape index (κ1) is 17.0. The summed E-state index contributed by atoms with van der Waals surface area (Å²) >= 11 is 1.75. The van der Waals surface area contributed by atoms with Crippen molar-refractivity contribution >= 4 is 17.7 Å². The average Bonchev–Trinajstić information content (AvgIpc) is 3.11. The first-order chi connectivity index (χ1) is 11.7. The Bertz CT molecular complexity index is 662. The molecule has 24 heavy (non-hydrogen) atoms. The fraction of sp³-hybridized carbons (Fsp3) is 0.444. The number of nitrogens with one attached hydrogen (secondary N) is 2. The van der Waals surface area contributed by atoms with E-state index in [1.165, 1.54) is 10.5 Å². The van der Waals surface area contributed by atoms with Gasteiger partial charge >= 0.3 is 0 Å². The Morgan fingerprint density at radius 2 is 2.21 bits per heavy atom. The molecule has 2 aromatic rings. The molecule has 0 radical (unpaired) electrons. The predicted molar refractivity (Wildman–Crippen MR) is 97.6 cm³/mol. The Morgan fingerprint density at radius 1 is 1.38 bits per heavy atom. The molecule has 1 aliphatic heterocycles. The predicted octanol–water partition coefficient (Wildman–Crippen LogP) is 2.64. The van der Waals surface area contributed by atoms with E-state index in [0.717, 1.165) is 31.7 Å². The molecule has 0 bridgehead atoms. The van der Waals surface area contributed by atoms with E-state index in [2.05, 4.69) is 46.9 Å². The van der Waals surface area contributed by atoms with Gasteiger partial charge in [0.1, 0.15) is 5.69 Å². The van der Waals surface area contributed by atoms with Crippen LogP contribution in [0.4, 0.5) is 0 Å². The van der Waals surface area contributed by atoms with Gasteiger partial charge in [0.2, 0.25) is 0 Å². The van der Waals surface area contributed by atoms with Crippen molar-refractivity contribution in [1.29, 1.82) is 0 Å². The summed E-state index contributed by atoms with van der Waals surface area (Å²) in [7, 11) is 0. The molecule has 0 aliphatic carbocycles. The van der Waals surface area contributed by atoms with Crippen molar-refractivity contribution in [2.45, 2.75) is 30.7 Å². The summed E-state index contributed by atoms with van der Waals surface area (Å²) in [4.78, 5) is 13.4. The summed E-state index contributed by atoms with van der Waals surface area (Å²) in [5, 5.41) is 10.8. The van der Waals surface area contributed by atoms with Crippen LogP contribution in [0.15, 0.2) is 41.4 Å². The van der Waals surface area contributed by atoms with E-state index >= 15 is 0 Å². The van der Waals surface area contributed by atoms with Crippen LogP contribution in [0.2, 0.25) is 0 Å². The van der Waals surface area contributed by atoms with Crippen LogP contribution < -0.4 is 10.6 Å². The van der Waals surface area contributed by atoms with Gasteiger partial charge in [-0.15, -0.1) is 11.8 Å². The van der Waals surface area contributed by atoms with Crippen LogP contribution in [0.25, 0.3) is 0 Å². The standard InChI is InChI=1S/C18H24N4OS/c1-14-4-6-16(7-5-14)24-12-10-20-18(23)17-8-11-22(21-17)15-3-2-9-19-13-15/h4-8,11,15,19H,2-3,9-10,12-13H2,1H3,(H,20,23). The van der Waals surface area contributed by atoms with Gasteiger partial charge in [0.25, 0.3) is 5.91 Å². The third kappa shape index (κ3) is 4.61. The second-order valence-electron chi connectivity index (χ2n) is 6.10. The van der Waals surface area contributed by atoms with Crippen LogP contribution in [0.1, 0.15) is 34.9 Å². The van der Waals surface area contributed by atoms with Crippen molar-refractivity contribution in [3.8, 4) is 0 Å². The molecule has 0 saturated carbocycles. The number of thioether (sulfide) groups is 1. The number of piperidine rings is 1. The highest BCUT2D eigenvalue weighted by Gasteiger charge is 2.17. The summed E-state index contributed by atoms with van der Waals surface area (Å²) in [5.74, 6) is 0.754. The molecule has 1 aromatic carbocycles. The number of aromatic nitrogens is 2. The minimum Gasteiger partial charge on any atom is -0.350 e. The molecule has 1 atom stereocenters. The summed E-state index contributed by atoms with van der Waals surface area (Å²) < 4.78 is 1.92. The number of nitrogens with zero attached hydrogens (tertiary/aromatic N) is 2. The number of carbonyl (C=O) groups excluding carboxylic acids is 1. The average molecular weight is 344 g/mol. The van der Waals surface area contributed by atoms with Crippen LogP contribution in [-0.4, -0.2) is 41.1 Å². The number of amides is 1. The first-order valence-electron chi connectivity index (χ1n) is 8.46. The number of benzene rings is 1. The van der Waals surface area contributed by atoms with Crippen molar-refractivity contribution in [2.24, 2.45) is 0 Å². The molecule has 0 spiro atoms. The zero-order chi connectivity index (χ0) is 16.8. The molecule has 6 heteroatoms. The lowest BCUT2D eigenvalue weighted by atomic mass is 10.1. The monoisotopic (exact) mass is 344 g/mol. The Balaban J connectivity index is 1.43. The largest absolute Gasteiger partial charge is 0.350 e. The third-order valence-electron chi connectivity index (χ3n) is 4.16. The molecule has 2 N–H and O–H groups in total. The van der Waals surface area contributed by atoms with Gasteiger partial charge in [-0.1, -0.05) is 17.7 Å².